The van der Waals surface area contributed by atoms with Crippen LogP contribution in [0.3, 0.4) is 0 Å². The fourth-order valence-electron chi connectivity index (χ4n) is 2.39. The SMILES string of the molecule is CCCCOc1ccc(-c2oc3ccc(Cl)cc3c(=O)c2O)cc1. The molecule has 0 spiro atoms. The van der Waals surface area contributed by atoms with Gasteiger partial charge in [-0.1, -0.05) is 24.9 Å². The molecule has 124 valence electrons. The molecule has 0 amide bonds. The normalized spacial score (nSPS) is 10.9. The van der Waals surface area contributed by atoms with Gasteiger partial charge in [0.15, 0.2) is 5.76 Å². The van der Waals surface area contributed by atoms with E-state index in [2.05, 4.69) is 6.92 Å². The number of benzene rings is 2. The van der Waals surface area contributed by atoms with Gasteiger partial charge in [-0.15, -0.1) is 0 Å². The first kappa shape index (κ1) is 16.4. The van der Waals surface area contributed by atoms with E-state index < -0.39 is 11.2 Å². The summed E-state index contributed by atoms with van der Waals surface area (Å²) in [4.78, 5) is 12.3. The van der Waals surface area contributed by atoms with Gasteiger partial charge in [0.2, 0.25) is 11.2 Å². The molecule has 3 aromatic rings. The van der Waals surface area contributed by atoms with Gasteiger partial charge in [-0.05, 0) is 48.9 Å². The zero-order chi connectivity index (χ0) is 17.1. The minimum atomic E-state index is -0.503. The molecule has 3 rings (SSSR count). The first-order valence-corrected chi connectivity index (χ1v) is 8.16. The van der Waals surface area contributed by atoms with Gasteiger partial charge in [-0.3, -0.25) is 4.79 Å². The molecule has 0 fully saturated rings. The van der Waals surface area contributed by atoms with Crippen molar-refractivity contribution in [3.8, 4) is 22.8 Å². The average molecular weight is 345 g/mol. The van der Waals surface area contributed by atoms with E-state index in [-0.39, 0.29) is 11.1 Å². The molecule has 0 saturated heterocycles. The first-order valence-electron chi connectivity index (χ1n) is 7.78. The third kappa shape index (κ3) is 3.24. The highest BCUT2D eigenvalue weighted by molar-refractivity contribution is 6.31. The molecular weight excluding hydrogens is 328 g/mol. The molecule has 5 heteroatoms. The Labute approximate surface area is 144 Å². The molecule has 4 nitrogen and oxygen atoms in total. The van der Waals surface area contributed by atoms with Crippen molar-refractivity contribution in [2.24, 2.45) is 0 Å². The molecule has 0 aliphatic rings. The molecule has 2 aromatic carbocycles. The van der Waals surface area contributed by atoms with E-state index in [1.807, 2.05) is 0 Å². The van der Waals surface area contributed by atoms with Crippen molar-refractivity contribution < 1.29 is 14.3 Å². The highest BCUT2D eigenvalue weighted by Gasteiger charge is 2.15. The predicted octanol–water partition coefficient (Wildman–Crippen LogP) is 5.00. The standard InChI is InChI=1S/C19H17ClO4/c1-2-3-10-23-14-7-4-12(5-8-14)19-18(22)17(21)15-11-13(20)6-9-16(15)24-19/h4-9,11,22H,2-3,10H2,1H3. The number of hydrogen-bond acceptors (Lipinski definition) is 4. The lowest BCUT2D eigenvalue weighted by Gasteiger charge is -2.08. The Balaban J connectivity index is 1.98. The molecular formula is C19H17ClO4. The van der Waals surface area contributed by atoms with Crippen molar-refractivity contribution in [2.45, 2.75) is 19.8 Å². The third-order valence-electron chi connectivity index (χ3n) is 3.71. The number of ether oxygens (including phenoxy) is 1. The van der Waals surface area contributed by atoms with Crippen LogP contribution in [0.4, 0.5) is 0 Å². The summed E-state index contributed by atoms with van der Waals surface area (Å²) in [6, 6.07) is 11.8. The zero-order valence-corrected chi connectivity index (χ0v) is 14.0. The molecule has 24 heavy (non-hydrogen) atoms. The maximum absolute atomic E-state index is 12.3. The average Bonchev–Trinajstić information content (AvgIpc) is 2.59. The maximum atomic E-state index is 12.3. The fraction of sp³-hybridized carbons (Fsp3) is 0.211. The van der Waals surface area contributed by atoms with Crippen LogP contribution in [0, 0.1) is 0 Å². The van der Waals surface area contributed by atoms with Crippen LogP contribution in [-0.4, -0.2) is 11.7 Å². The maximum Gasteiger partial charge on any atom is 0.235 e. The summed E-state index contributed by atoms with van der Waals surface area (Å²) in [6.45, 7) is 2.76. The number of rotatable bonds is 5. The Bertz CT molecular complexity index is 913. The lowest BCUT2D eigenvalue weighted by Crippen LogP contribution is -2.02. The number of unbranched alkanes of at least 4 members (excludes halogenated alkanes) is 1. The summed E-state index contributed by atoms with van der Waals surface area (Å²) < 4.78 is 11.3. The monoisotopic (exact) mass is 344 g/mol. The van der Waals surface area contributed by atoms with Gasteiger partial charge >= 0.3 is 0 Å². The molecule has 0 atom stereocenters. The summed E-state index contributed by atoms with van der Waals surface area (Å²) in [5, 5.41) is 10.9. The second-order valence-electron chi connectivity index (χ2n) is 5.48. The van der Waals surface area contributed by atoms with Crippen molar-refractivity contribution in [3.63, 3.8) is 0 Å². The summed E-state index contributed by atoms with van der Waals surface area (Å²) in [5.41, 5.74) is 0.474. The van der Waals surface area contributed by atoms with Crippen LogP contribution in [0.5, 0.6) is 11.5 Å². The minimum Gasteiger partial charge on any atom is -0.502 e. The van der Waals surface area contributed by atoms with Gasteiger partial charge in [0.25, 0.3) is 0 Å². The van der Waals surface area contributed by atoms with E-state index in [9.17, 15) is 9.90 Å². The van der Waals surface area contributed by atoms with Crippen molar-refractivity contribution in [1.82, 2.24) is 0 Å². The van der Waals surface area contributed by atoms with Crippen molar-refractivity contribution in [1.29, 1.82) is 0 Å². The lowest BCUT2D eigenvalue weighted by atomic mass is 10.1. The van der Waals surface area contributed by atoms with Crippen LogP contribution in [0.25, 0.3) is 22.3 Å². The van der Waals surface area contributed by atoms with Crippen molar-refractivity contribution in [3.05, 3.63) is 57.7 Å². The zero-order valence-electron chi connectivity index (χ0n) is 13.2. The molecule has 1 heterocycles. The summed E-state index contributed by atoms with van der Waals surface area (Å²) in [5.74, 6) is 0.445. The van der Waals surface area contributed by atoms with Gasteiger partial charge in [0.05, 0.1) is 12.0 Å². The lowest BCUT2D eigenvalue weighted by molar-refractivity contribution is 0.309. The Morgan fingerprint density at radius 3 is 2.62 bits per heavy atom. The second-order valence-corrected chi connectivity index (χ2v) is 5.91. The summed E-state index contributed by atoms with van der Waals surface area (Å²) >= 11 is 5.89. The number of hydrogen-bond donors (Lipinski definition) is 1. The Hall–Kier alpha value is -2.46. The Morgan fingerprint density at radius 1 is 1.17 bits per heavy atom. The van der Waals surface area contributed by atoms with E-state index in [1.54, 1.807) is 36.4 Å². The molecule has 0 unspecified atom stereocenters. The number of fused-ring (bicyclic) bond motifs is 1. The van der Waals surface area contributed by atoms with E-state index in [1.165, 1.54) is 6.07 Å². The van der Waals surface area contributed by atoms with Crippen molar-refractivity contribution in [2.75, 3.05) is 6.61 Å². The minimum absolute atomic E-state index is 0.134. The van der Waals surface area contributed by atoms with Crippen LogP contribution < -0.4 is 10.2 Å². The van der Waals surface area contributed by atoms with E-state index in [4.69, 9.17) is 20.8 Å². The molecule has 0 aliphatic heterocycles. The third-order valence-corrected chi connectivity index (χ3v) is 3.95. The highest BCUT2D eigenvalue weighted by atomic mass is 35.5. The van der Waals surface area contributed by atoms with Gasteiger partial charge in [0, 0.05) is 10.6 Å². The first-order chi connectivity index (χ1) is 11.6. The Kier molecular flexibility index (Phi) is 4.76. The quantitative estimate of drug-likeness (QED) is 0.662. The number of halogens is 1. The molecule has 0 aliphatic carbocycles. The fourth-order valence-corrected chi connectivity index (χ4v) is 2.56. The van der Waals surface area contributed by atoms with Gasteiger partial charge < -0.3 is 14.3 Å². The van der Waals surface area contributed by atoms with Gasteiger partial charge in [-0.25, -0.2) is 0 Å². The molecule has 0 bridgehead atoms. The van der Waals surface area contributed by atoms with Crippen LogP contribution in [-0.2, 0) is 0 Å². The second kappa shape index (κ2) is 6.97. The van der Waals surface area contributed by atoms with Crippen LogP contribution in [0.15, 0.2) is 51.7 Å². The van der Waals surface area contributed by atoms with Gasteiger partial charge in [0.1, 0.15) is 11.3 Å². The summed E-state index contributed by atoms with van der Waals surface area (Å²) in [6.07, 6.45) is 2.06. The largest absolute Gasteiger partial charge is 0.502 e. The van der Waals surface area contributed by atoms with E-state index in [0.29, 0.717) is 22.8 Å². The topological polar surface area (TPSA) is 59.7 Å². The van der Waals surface area contributed by atoms with E-state index in [0.717, 1.165) is 18.6 Å². The predicted molar refractivity (Wildman–Crippen MR) is 95.0 cm³/mol. The van der Waals surface area contributed by atoms with Gasteiger partial charge in [-0.2, -0.15) is 0 Å². The van der Waals surface area contributed by atoms with Crippen LogP contribution in [0.2, 0.25) is 5.02 Å². The molecule has 0 saturated carbocycles. The summed E-state index contributed by atoms with van der Waals surface area (Å²) in [7, 11) is 0. The molecule has 0 radical (unpaired) electrons. The molecule has 1 N–H and O–H groups in total. The smallest absolute Gasteiger partial charge is 0.235 e. The highest BCUT2D eigenvalue weighted by Crippen LogP contribution is 2.31. The number of aromatic hydroxyl groups is 1. The van der Waals surface area contributed by atoms with Crippen LogP contribution >= 0.6 is 11.6 Å². The Morgan fingerprint density at radius 2 is 1.92 bits per heavy atom. The van der Waals surface area contributed by atoms with Crippen molar-refractivity contribution >= 4 is 22.6 Å². The molecule has 1 aromatic heterocycles. The van der Waals surface area contributed by atoms with Crippen LogP contribution in [0.1, 0.15) is 19.8 Å². The van der Waals surface area contributed by atoms with E-state index >= 15 is 0 Å².